The van der Waals surface area contributed by atoms with Crippen LogP contribution in [0.2, 0.25) is 5.02 Å². The number of Topliss-reactive ketones (excluding diaryl/α,β-unsaturated/α-hetero) is 1. The SMILES string of the molecule is CCCCCOc1ccc(C2C(=C(O)c3ccc(Cl)cc3)C(=O)C(=O)N2CCN2CCOCC2)cc1. The van der Waals surface area contributed by atoms with Crippen molar-refractivity contribution in [3.05, 3.63) is 70.3 Å². The lowest BCUT2D eigenvalue weighted by Gasteiger charge is -2.31. The second-order valence-electron chi connectivity index (χ2n) is 9.08. The van der Waals surface area contributed by atoms with Crippen LogP contribution in [0, 0.1) is 0 Å². The van der Waals surface area contributed by atoms with Crippen molar-refractivity contribution in [3.63, 3.8) is 0 Å². The molecule has 0 saturated carbocycles. The van der Waals surface area contributed by atoms with E-state index in [-0.39, 0.29) is 11.3 Å². The Hall–Kier alpha value is -2.87. The molecule has 36 heavy (non-hydrogen) atoms. The van der Waals surface area contributed by atoms with E-state index in [0.29, 0.717) is 43.5 Å². The molecular weight excluding hydrogens is 480 g/mol. The van der Waals surface area contributed by atoms with Crippen LogP contribution in [0.3, 0.4) is 0 Å². The Morgan fingerprint density at radius 2 is 1.72 bits per heavy atom. The molecule has 2 aliphatic rings. The van der Waals surface area contributed by atoms with Crippen molar-refractivity contribution in [2.75, 3.05) is 46.0 Å². The summed E-state index contributed by atoms with van der Waals surface area (Å²) in [6.45, 7) is 6.63. The van der Waals surface area contributed by atoms with Gasteiger partial charge in [0.1, 0.15) is 11.5 Å². The van der Waals surface area contributed by atoms with E-state index in [0.717, 1.165) is 43.7 Å². The molecule has 1 N–H and O–H groups in total. The van der Waals surface area contributed by atoms with E-state index in [1.807, 2.05) is 24.3 Å². The number of amides is 1. The summed E-state index contributed by atoms with van der Waals surface area (Å²) >= 11 is 6.01. The molecule has 2 fully saturated rings. The monoisotopic (exact) mass is 512 g/mol. The number of ketones is 1. The van der Waals surface area contributed by atoms with Crippen LogP contribution < -0.4 is 4.74 Å². The van der Waals surface area contributed by atoms with Crippen LogP contribution in [-0.4, -0.2) is 72.6 Å². The molecule has 2 aromatic carbocycles. The van der Waals surface area contributed by atoms with Gasteiger partial charge in [-0.15, -0.1) is 0 Å². The highest BCUT2D eigenvalue weighted by Crippen LogP contribution is 2.39. The summed E-state index contributed by atoms with van der Waals surface area (Å²) in [6.07, 6.45) is 3.22. The maximum Gasteiger partial charge on any atom is 0.295 e. The maximum absolute atomic E-state index is 13.2. The van der Waals surface area contributed by atoms with Gasteiger partial charge in [-0.3, -0.25) is 14.5 Å². The smallest absolute Gasteiger partial charge is 0.295 e. The first kappa shape index (κ1) is 26.2. The Kier molecular flexibility index (Phi) is 9.02. The van der Waals surface area contributed by atoms with Crippen molar-refractivity contribution in [1.29, 1.82) is 0 Å². The molecule has 0 aliphatic carbocycles. The number of hydrogen-bond donors (Lipinski definition) is 1. The van der Waals surface area contributed by atoms with Crippen LogP contribution in [0.4, 0.5) is 0 Å². The van der Waals surface area contributed by atoms with Crippen molar-refractivity contribution in [2.45, 2.75) is 32.2 Å². The number of benzene rings is 2. The average molecular weight is 513 g/mol. The van der Waals surface area contributed by atoms with Gasteiger partial charge in [0, 0.05) is 36.8 Å². The molecule has 1 unspecified atom stereocenters. The number of rotatable bonds is 10. The summed E-state index contributed by atoms with van der Waals surface area (Å²) < 4.78 is 11.3. The van der Waals surface area contributed by atoms with E-state index in [2.05, 4.69) is 11.8 Å². The fourth-order valence-electron chi connectivity index (χ4n) is 4.58. The van der Waals surface area contributed by atoms with Gasteiger partial charge < -0.3 is 19.5 Å². The van der Waals surface area contributed by atoms with Crippen LogP contribution in [0.1, 0.15) is 43.4 Å². The lowest BCUT2D eigenvalue weighted by Crippen LogP contribution is -2.42. The lowest BCUT2D eigenvalue weighted by atomic mass is 9.95. The third-order valence-electron chi connectivity index (χ3n) is 6.63. The highest BCUT2D eigenvalue weighted by molar-refractivity contribution is 6.46. The molecule has 0 bridgehead atoms. The van der Waals surface area contributed by atoms with Gasteiger partial charge in [-0.25, -0.2) is 0 Å². The van der Waals surface area contributed by atoms with Gasteiger partial charge >= 0.3 is 0 Å². The van der Waals surface area contributed by atoms with E-state index < -0.39 is 17.7 Å². The number of aliphatic hydroxyl groups excluding tert-OH is 1. The van der Waals surface area contributed by atoms with E-state index in [1.165, 1.54) is 0 Å². The third kappa shape index (κ3) is 6.09. The molecule has 4 rings (SSSR count). The van der Waals surface area contributed by atoms with Gasteiger partial charge in [0.05, 0.1) is 31.4 Å². The summed E-state index contributed by atoms with van der Waals surface area (Å²) in [5, 5.41) is 11.7. The number of halogens is 1. The molecule has 1 atom stereocenters. The summed E-state index contributed by atoms with van der Waals surface area (Å²) in [5.41, 5.74) is 1.26. The molecule has 2 aromatic rings. The van der Waals surface area contributed by atoms with Gasteiger partial charge in [0.25, 0.3) is 11.7 Å². The first-order chi connectivity index (χ1) is 17.5. The number of ether oxygens (including phenoxy) is 2. The highest BCUT2D eigenvalue weighted by Gasteiger charge is 2.46. The molecule has 7 nitrogen and oxygen atoms in total. The minimum atomic E-state index is -0.698. The summed E-state index contributed by atoms with van der Waals surface area (Å²) in [6, 6.07) is 13.3. The number of carbonyl (C=O) groups is 2. The van der Waals surface area contributed by atoms with E-state index in [1.54, 1.807) is 29.2 Å². The molecule has 0 spiro atoms. The Bertz CT molecular complexity index is 1080. The lowest BCUT2D eigenvalue weighted by molar-refractivity contribution is -0.140. The van der Waals surface area contributed by atoms with Crippen LogP contribution in [0.15, 0.2) is 54.1 Å². The normalized spacial score (nSPS) is 20.2. The van der Waals surface area contributed by atoms with E-state index in [9.17, 15) is 14.7 Å². The van der Waals surface area contributed by atoms with E-state index >= 15 is 0 Å². The molecule has 2 heterocycles. The first-order valence-electron chi connectivity index (χ1n) is 12.6. The number of likely N-dealkylation sites (tertiary alicyclic amines) is 1. The van der Waals surface area contributed by atoms with Crippen LogP contribution in [0.25, 0.3) is 5.76 Å². The van der Waals surface area contributed by atoms with Gasteiger partial charge in [0.15, 0.2) is 0 Å². The quantitative estimate of drug-likeness (QED) is 0.216. The van der Waals surface area contributed by atoms with E-state index in [4.69, 9.17) is 21.1 Å². The molecule has 8 heteroatoms. The molecule has 1 amide bonds. The summed E-state index contributed by atoms with van der Waals surface area (Å²) in [4.78, 5) is 30.2. The molecule has 2 saturated heterocycles. The van der Waals surface area contributed by atoms with Gasteiger partial charge in [-0.05, 0) is 48.4 Å². The Labute approximate surface area is 217 Å². The minimum absolute atomic E-state index is 0.0842. The zero-order valence-corrected chi connectivity index (χ0v) is 21.4. The van der Waals surface area contributed by atoms with Crippen LogP contribution in [-0.2, 0) is 14.3 Å². The van der Waals surface area contributed by atoms with Crippen molar-refractivity contribution in [3.8, 4) is 5.75 Å². The fraction of sp³-hybridized carbons (Fsp3) is 0.429. The van der Waals surface area contributed by atoms with Crippen molar-refractivity contribution in [1.82, 2.24) is 9.80 Å². The third-order valence-corrected chi connectivity index (χ3v) is 6.88. The average Bonchev–Trinajstić information content (AvgIpc) is 3.16. The topological polar surface area (TPSA) is 79.3 Å². The number of nitrogens with zero attached hydrogens (tertiary/aromatic N) is 2. The zero-order chi connectivity index (χ0) is 25.5. The predicted molar refractivity (Wildman–Crippen MR) is 139 cm³/mol. The van der Waals surface area contributed by atoms with Crippen LogP contribution in [0.5, 0.6) is 5.75 Å². The van der Waals surface area contributed by atoms with Gasteiger partial charge in [-0.2, -0.15) is 0 Å². The van der Waals surface area contributed by atoms with Gasteiger partial charge in [-0.1, -0.05) is 43.5 Å². The number of carbonyl (C=O) groups excluding carboxylic acids is 2. The number of aliphatic hydroxyl groups is 1. The molecule has 2 aliphatic heterocycles. The Morgan fingerprint density at radius 3 is 2.39 bits per heavy atom. The van der Waals surface area contributed by atoms with Crippen molar-refractivity contribution < 1.29 is 24.2 Å². The second kappa shape index (κ2) is 12.4. The minimum Gasteiger partial charge on any atom is -0.507 e. The largest absolute Gasteiger partial charge is 0.507 e. The fourth-order valence-corrected chi connectivity index (χ4v) is 4.71. The Balaban J connectivity index is 1.64. The highest BCUT2D eigenvalue weighted by atomic mass is 35.5. The van der Waals surface area contributed by atoms with Crippen molar-refractivity contribution in [2.24, 2.45) is 0 Å². The predicted octanol–water partition coefficient (Wildman–Crippen LogP) is 4.66. The number of unbranched alkanes of at least 4 members (excludes halogenated alkanes) is 2. The van der Waals surface area contributed by atoms with Crippen molar-refractivity contribution >= 4 is 29.1 Å². The summed E-state index contributed by atoms with van der Waals surface area (Å²) in [7, 11) is 0. The molecular formula is C28H33ClN2O5. The number of morpholine rings is 1. The Morgan fingerprint density at radius 1 is 1.03 bits per heavy atom. The maximum atomic E-state index is 13.2. The first-order valence-corrected chi connectivity index (χ1v) is 12.9. The molecule has 0 radical (unpaired) electrons. The van der Waals surface area contributed by atoms with Crippen LogP contribution >= 0.6 is 11.6 Å². The molecule has 0 aromatic heterocycles. The number of hydrogen-bond acceptors (Lipinski definition) is 6. The second-order valence-corrected chi connectivity index (χ2v) is 9.51. The van der Waals surface area contributed by atoms with Gasteiger partial charge in [0.2, 0.25) is 0 Å². The standard InChI is InChI=1S/C28H33ClN2O5/c1-2-3-4-17-36-23-11-7-20(8-12-23)25-24(26(32)21-5-9-22(29)10-6-21)27(33)28(34)31(25)14-13-30-15-18-35-19-16-30/h5-12,25,32H,2-4,13-19H2,1H3. The zero-order valence-electron chi connectivity index (χ0n) is 20.6. The molecule has 192 valence electrons. The summed E-state index contributed by atoms with van der Waals surface area (Å²) in [5.74, 6) is -0.764.